The van der Waals surface area contributed by atoms with E-state index in [1.807, 2.05) is 26.0 Å². The van der Waals surface area contributed by atoms with Gasteiger partial charge in [-0.1, -0.05) is 36.7 Å². The molecule has 2 aromatic heterocycles. The molecule has 3 aromatic rings. The van der Waals surface area contributed by atoms with Gasteiger partial charge in [0.15, 0.2) is 0 Å². The summed E-state index contributed by atoms with van der Waals surface area (Å²) in [6.07, 6.45) is 6.04. The molecule has 1 N–H and O–H groups in total. The molecule has 0 aliphatic heterocycles. The van der Waals surface area contributed by atoms with E-state index in [0.29, 0.717) is 28.1 Å². The smallest absolute Gasteiger partial charge is 0.275 e. The highest BCUT2D eigenvalue weighted by Gasteiger charge is 2.20. The molecule has 0 atom stereocenters. The molecule has 1 aromatic carbocycles. The summed E-state index contributed by atoms with van der Waals surface area (Å²) in [7, 11) is 0. The lowest BCUT2D eigenvalue weighted by atomic mass is 9.90. The van der Waals surface area contributed by atoms with E-state index in [9.17, 15) is 9.59 Å². The third kappa shape index (κ3) is 5.10. The van der Waals surface area contributed by atoms with E-state index in [1.165, 1.54) is 52.9 Å². The largest absolute Gasteiger partial charge is 0.325 e. The van der Waals surface area contributed by atoms with Gasteiger partial charge in [-0.15, -0.1) is 11.8 Å². The van der Waals surface area contributed by atoms with Crippen LogP contribution < -0.4 is 10.9 Å². The molecule has 0 bridgehead atoms. The number of anilines is 1. The van der Waals surface area contributed by atoms with Crippen LogP contribution in [-0.2, 0) is 10.5 Å². The first kappa shape index (κ1) is 21.1. The van der Waals surface area contributed by atoms with Gasteiger partial charge in [0.2, 0.25) is 10.9 Å². The number of aryl methyl sites for hydroxylation is 2. The molecule has 1 saturated carbocycles. The van der Waals surface area contributed by atoms with Crippen molar-refractivity contribution in [3.8, 4) is 0 Å². The first-order chi connectivity index (χ1) is 14.5. The van der Waals surface area contributed by atoms with Gasteiger partial charge in [0.1, 0.15) is 5.01 Å². The number of thioether (sulfide) groups is 1. The fourth-order valence-corrected chi connectivity index (χ4v) is 5.76. The Morgan fingerprint density at radius 2 is 1.90 bits per heavy atom. The van der Waals surface area contributed by atoms with Crippen molar-refractivity contribution in [2.45, 2.75) is 57.6 Å². The molecule has 0 radical (unpaired) electrons. The van der Waals surface area contributed by atoms with Gasteiger partial charge in [-0.25, -0.2) is 4.98 Å². The van der Waals surface area contributed by atoms with Crippen LogP contribution in [-0.4, -0.2) is 26.3 Å². The van der Waals surface area contributed by atoms with Gasteiger partial charge >= 0.3 is 0 Å². The number of carbonyl (C=O) groups is 1. The standard InChI is InChI=1S/C22H26N4O2S2/c1-14-8-15(2)10-17(9-14)23-19(27)13-29-12-18-11-20(28)26-22(24-18)30-21(25-26)16-6-4-3-5-7-16/h8-11,16H,3-7,12-13H2,1-2H3,(H,23,27). The van der Waals surface area contributed by atoms with E-state index in [0.717, 1.165) is 34.7 Å². The Hall–Kier alpha value is -2.19. The zero-order chi connectivity index (χ0) is 21.1. The summed E-state index contributed by atoms with van der Waals surface area (Å²) in [5, 5.41) is 8.50. The number of hydrogen-bond acceptors (Lipinski definition) is 6. The van der Waals surface area contributed by atoms with E-state index in [2.05, 4.69) is 21.5 Å². The molecule has 158 valence electrons. The van der Waals surface area contributed by atoms with Crippen LogP contribution in [0.1, 0.15) is 59.9 Å². The monoisotopic (exact) mass is 442 g/mol. The van der Waals surface area contributed by atoms with Crippen molar-refractivity contribution in [1.29, 1.82) is 0 Å². The summed E-state index contributed by atoms with van der Waals surface area (Å²) in [4.78, 5) is 30.0. The molecule has 8 heteroatoms. The maximum Gasteiger partial charge on any atom is 0.275 e. The summed E-state index contributed by atoms with van der Waals surface area (Å²) in [6, 6.07) is 7.52. The fraction of sp³-hybridized carbons (Fsp3) is 0.455. The molecular weight excluding hydrogens is 416 g/mol. The van der Waals surface area contributed by atoms with Crippen molar-refractivity contribution in [1.82, 2.24) is 14.6 Å². The molecule has 1 fully saturated rings. The van der Waals surface area contributed by atoms with Crippen molar-refractivity contribution >= 4 is 39.7 Å². The highest BCUT2D eigenvalue weighted by molar-refractivity contribution is 7.99. The Morgan fingerprint density at radius 1 is 1.17 bits per heavy atom. The average Bonchev–Trinajstić information content (AvgIpc) is 3.13. The van der Waals surface area contributed by atoms with Crippen LogP contribution in [0.25, 0.3) is 4.96 Å². The number of nitrogens with one attached hydrogen (secondary N) is 1. The summed E-state index contributed by atoms with van der Waals surface area (Å²) in [6.45, 7) is 4.02. The van der Waals surface area contributed by atoms with Crippen LogP contribution in [0.2, 0.25) is 0 Å². The zero-order valence-corrected chi connectivity index (χ0v) is 18.9. The second-order valence-corrected chi connectivity index (χ2v) is 9.95. The van der Waals surface area contributed by atoms with Crippen LogP contribution in [0.3, 0.4) is 0 Å². The van der Waals surface area contributed by atoms with E-state index in [1.54, 1.807) is 0 Å². The van der Waals surface area contributed by atoms with Crippen molar-refractivity contribution in [3.63, 3.8) is 0 Å². The number of fused-ring (bicyclic) bond motifs is 1. The van der Waals surface area contributed by atoms with Crippen molar-refractivity contribution < 1.29 is 4.79 Å². The number of aromatic nitrogens is 3. The van der Waals surface area contributed by atoms with Crippen molar-refractivity contribution in [2.75, 3.05) is 11.1 Å². The summed E-state index contributed by atoms with van der Waals surface area (Å²) in [5.41, 5.74) is 3.61. The quantitative estimate of drug-likeness (QED) is 0.599. The van der Waals surface area contributed by atoms with Crippen molar-refractivity contribution in [3.05, 3.63) is 56.4 Å². The second-order valence-electron chi connectivity index (χ2n) is 7.97. The lowest BCUT2D eigenvalue weighted by Gasteiger charge is -2.18. The molecule has 0 saturated heterocycles. The minimum absolute atomic E-state index is 0.0554. The molecule has 6 nitrogen and oxygen atoms in total. The summed E-state index contributed by atoms with van der Waals surface area (Å²) >= 11 is 2.98. The number of nitrogens with zero attached hydrogens (tertiary/aromatic N) is 3. The predicted octanol–water partition coefficient (Wildman–Crippen LogP) is 4.69. The molecular formula is C22H26N4O2S2. The lowest BCUT2D eigenvalue weighted by Crippen LogP contribution is -2.17. The minimum Gasteiger partial charge on any atom is -0.325 e. The van der Waals surface area contributed by atoms with Crippen LogP contribution in [0.15, 0.2) is 29.1 Å². The van der Waals surface area contributed by atoms with Crippen LogP contribution in [0.5, 0.6) is 0 Å². The van der Waals surface area contributed by atoms with Gasteiger partial charge in [-0.05, 0) is 49.9 Å². The minimum atomic E-state index is -0.145. The third-order valence-corrected chi connectivity index (χ3v) is 7.29. The molecule has 30 heavy (non-hydrogen) atoms. The third-order valence-electron chi connectivity index (χ3n) is 5.26. The first-order valence-electron chi connectivity index (χ1n) is 10.3. The molecule has 1 aliphatic rings. The molecule has 2 heterocycles. The fourth-order valence-electron chi connectivity index (χ4n) is 3.95. The second kappa shape index (κ2) is 9.31. The maximum atomic E-state index is 12.5. The van der Waals surface area contributed by atoms with E-state index >= 15 is 0 Å². The summed E-state index contributed by atoms with van der Waals surface area (Å²) < 4.78 is 1.43. The molecule has 1 amide bonds. The number of hydrogen-bond donors (Lipinski definition) is 1. The van der Waals surface area contributed by atoms with Crippen LogP contribution in [0.4, 0.5) is 5.69 Å². The Balaban J connectivity index is 1.37. The van der Waals surface area contributed by atoms with E-state index in [4.69, 9.17) is 0 Å². The Bertz CT molecular complexity index is 1100. The molecule has 4 rings (SSSR count). The molecule has 0 spiro atoms. The highest BCUT2D eigenvalue weighted by Crippen LogP contribution is 2.34. The number of rotatable bonds is 6. The van der Waals surface area contributed by atoms with Crippen molar-refractivity contribution in [2.24, 2.45) is 0 Å². The first-order valence-corrected chi connectivity index (χ1v) is 12.3. The van der Waals surface area contributed by atoms with Gasteiger partial charge in [-0.3, -0.25) is 9.59 Å². The van der Waals surface area contributed by atoms with E-state index < -0.39 is 0 Å². The predicted molar refractivity (Wildman–Crippen MR) is 124 cm³/mol. The van der Waals surface area contributed by atoms with Gasteiger partial charge in [0.05, 0.1) is 11.4 Å². The number of carbonyl (C=O) groups excluding carboxylic acids is 1. The zero-order valence-electron chi connectivity index (χ0n) is 17.3. The maximum absolute atomic E-state index is 12.5. The van der Waals surface area contributed by atoms with Gasteiger partial charge in [-0.2, -0.15) is 9.61 Å². The van der Waals surface area contributed by atoms with Gasteiger partial charge < -0.3 is 5.32 Å². The number of amides is 1. The lowest BCUT2D eigenvalue weighted by molar-refractivity contribution is -0.113. The SMILES string of the molecule is Cc1cc(C)cc(NC(=O)CSCc2cc(=O)n3nc(C4CCCCC4)sc3n2)c1. The Kier molecular flexibility index (Phi) is 6.53. The van der Waals surface area contributed by atoms with Crippen LogP contribution >= 0.6 is 23.1 Å². The van der Waals surface area contributed by atoms with Crippen LogP contribution in [0, 0.1) is 13.8 Å². The van der Waals surface area contributed by atoms with Gasteiger partial charge in [0, 0.05) is 23.4 Å². The average molecular weight is 443 g/mol. The van der Waals surface area contributed by atoms with E-state index in [-0.39, 0.29) is 11.5 Å². The number of benzene rings is 1. The Morgan fingerprint density at radius 3 is 2.63 bits per heavy atom. The topological polar surface area (TPSA) is 76.4 Å². The van der Waals surface area contributed by atoms with Gasteiger partial charge in [0.25, 0.3) is 5.56 Å². The molecule has 0 unspecified atom stereocenters. The summed E-state index contributed by atoms with van der Waals surface area (Å²) in [5.74, 6) is 1.23. The molecule has 1 aliphatic carbocycles. The Labute approximate surface area is 184 Å². The highest BCUT2D eigenvalue weighted by atomic mass is 32.2. The normalized spacial score (nSPS) is 14.9.